The number of anilines is 1. The Labute approximate surface area is 81.2 Å². The number of nitrogen functional groups attached to an aromatic ring is 1. The fourth-order valence-electron chi connectivity index (χ4n) is 0.982. The van der Waals surface area contributed by atoms with Gasteiger partial charge in [-0.2, -0.15) is 8.75 Å². The number of hydrazine groups is 1. The Bertz CT molecular complexity index is 261. The molecule has 1 rings (SSSR count). The molecule has 0 fully saturated rings. The molecule has 13 heavy (non-hydrogen) atoms. The van der Waals surface area contributed by atoms with Gasteiger partial charge in [0.1, 0.15) is 5.69 Å². The predicted molar refractivity (Wildman–Crippen MR) is 52.7 cm³/mol. The van der Waals surface area contributed by atoms with Crippen LogP contribution in [0.25, 0.3) is 0 Å². The summed E-state index contributed by atoms with van der Waals surface area (Å²) in [6, 6.07) is 0.120. The minimum absolute atomic E-state index is 0.120. The van der Waals surface area contributed by atoms with Gasteiger partial charge in [0.25, 0.3) is 0 Å². The Morgan fingerprint density at radius 3 is 2.77 bits per heavy atom. The Kier molecular flexibility index (Phi) is 3.55. The van der Waals surface area contributed by atoms with Gasteiger partial charge in [-0.15, -0.1) is 0 Å². The van der Waals surface area contributed by atoms with Crippen molar-refractivity contribution in [3.63, 3.8) is 0 Å². The highest BCUT2D eigenvalue weighted by Crippen LogP contribution is 2.21. The number of nitrogens with zero attached hydrogens (tertiary/aromatic N) is 3. The minimum atomic E-state index is 0.120. The molecule has 1 unspecified atom stereocenters. The second-order valence-electron chi connectivity index (χ2n) is 2.83. The van der Waals surface area contributed by atoms with Crippen LogP contribution in [0.2, 0.25) is 0 Å². The summed E-state index contributed by atoms with van der Waals surface area (Å²) < 4.78 is 8.02. The maximum atomic E-state index is 5.63. The summed E-state index contributed by atoms with van der Waals surface area (Å²) in [5.74, 6) is 5.70. The fourth-order valence-corrected chi connectivity index (χ4v) is 1.54. The van der Waals surface area contributed by atoms with Gasteiger partial charge in [0.05, 0.1) is 24.4 Å². The third kappa shape index (κ3) is 2.34. The first-order chi connectivity index (χ1) is 6.16. The Hall–Kier alpha value is -0.760. The van der Waals surface area contributed by atoms with Crippen LogP contribution in [-0.2, 0) is 0 Å². The van der Waals surface area contributed by atoms with E-state index in [9.17, 15) is 0 Å². The second-order valence-corrected chi connectivity index (χ2v) is 3.36. The van der Waals surface area contributed by atoms with Gasteiger partial charge in [0, 0.05) is 0 Å². The average molecular weight is 202 g/mol. The number of nitrogens with one attached hydrogen (secondary N) is 1. The Morgan fingerprint density at radius 2 is 2.31 bits per heavy atom. The number of hydrogen-bond acceptors (Lipinski definition) is 7. The second kappa shape index (κ2) is 4.47. The molecule has 0 aliphatic rings. The topological polar surface area (TPSA) is 93.1 Å². The summed E-state index contributed by atoms with van der Waals surface area (Å²) in [6.07, 6.45) is 0. The van der Waals surface area contributed by atoms with Crippen LogP contribution in [0.3, 0.4) is 0 Å². The fraction of sp³-hybridized carbons (Fsp3) is 0.667. The zero-order valence-electron chi connectivity index (χ0n) is 7.69. The minimum Gasteiger partial charge on any atom is -0.381 e. The average Bonchev–Trinajstić information content (AvgIpc) is 2.50. The molecule has 1 heterocycles. The van der Waals surface area contributed by atoms with Crippen molar-refractivity contribution in [2.24, 2.45) is 5.84 Å². The molecule has 0 spiro atoms. The molecule has 0 aromatic carbocycles. The Morgan fingerprint density at radius 1 is 1.62 bits per heavy atom. The molecule has 0 amide bonds. The van der Waals surface area contributed by atoms with E-state index >= 15 is 0 Å². The number of nitrogens with two attached hydrogens (primary N) is 2. The summed E-state index contributed by atoms with van der Waals surface area (Å²) in [5, 5.41) is 0. The quantitative estimate of drug-likeness (QED) is 0.347. The van der Waals surface area contributed by atoms with E-state index in [-0.39, 0.29) is 6.04 Å². The van der Waals surface area contributed by atoms with Crippen LogP contribution < -0.4 is 17.0 Å². The predicted octanol–water partition coefficient (Wildman–Crippen LogP) is -0.466. The molecule has 0 saturated carbocycles. The number of aromatic nitrogens is 2. The highest BCUT2D eigenvalue weighted by atomic mass is 32.1. The highest BCUT2D eigenvalue weighted by molar-refractivity contribution is 6.99. The molecule has 6 nitrogen and oxygen atoms in total. The smallest absolute Gasteiger partial charge is 0.162 e. The highest BCUT2D eigenvalue weighted by Gasteiger charge is 2.16. The van der Waals surface area contributed by atoms with Crippen molar-refractivity contribution in [2.75, 3.05) is 19.5 Å². The maximum absolute atomic E-state index is 5.63. The summed E-state index contributed by atoms with van der Waals surface area (Å²) in [5.41, 5.74) is 9.01. The van der Waals surface area contributed by atoms with Gasteiger partial charge in [0.15, 0.2) is 5.82 Å². The summed E-state index contributed by atoms with van der Waals surface area (Å²) in [7, 11) is 1.93. The molecule has 1 aromatic rings. The molecule has 0 aliphatic heterocycles. The molecule has 0 radical (unpaired) electrons. The van der Waals surface area contributed by atoms with Crippen LogP contribution in [0.5, 0.6) is 0 Å². The lowest BCUT2D eigenvalue weighted by Gasteiger charge is -2.22. The van der Waals surface area contributed by atoms with Crippen LogP contribution >= 0.6 is 11.7 Å². The molecular weight excluding hydrogens is 188 g/mol. The zero-order chi connectivity index (χ0) is 9.84. The molecule has 0 saturated heterocycles. The van der Waals surface area contributed by atoms with Gasteiger partial charge < -0.3 is 5.73 Å². The third-order valence-corrected chi connectivity index (χ3v) is 2.50. The molecule has 74 valence electrons. The van der Waals surface area contributed by atoms with Gasteiger partial charge >= 0.3 is 0 Å². The van der Waals surface area contributed by atoms with Crippen LogP contribution in [-0.4, -0.2) is 27.4 Å². The van der Waals surface area contributed by atoms with Crippen molar-refractivity contribution in [1.29, 1.82) is 0 Å². The molecular formula is C6H14N6S. The van der Waals surface area contributed by atoms with E-state index in [1.807, 2.05) is 18.9 Å². The lowest BCUT2D eigenvalue weighted by molar-refractivity contribution is 0.240. The van der Waals surface area contributed by atoms with Crippen LogP contribution in [0.4, 0.5) is 5.82 Å². The summed E-state index contributed by atoms with van der Waals surface area (Å²) in [6.45, 7) is 2.59. The normalized spacial score (nSPS) is 13.5. The van der Waals surface area contributed by atoms with Crippen molar-refractivity contribution < 1.29 is 0 Å². The third-order valence-electron chi connectivity index (χ3n) is 1.94. The van der Waals surface area contributed by atoms with Crippen molar-refractivity contribution in [1.82, 2.24) is 19.1 Å². The monoisotopic (exact) mass is 202 g/mol. The van der Waals surface area contributed by atoms with E-state index in [0.29, 0.717) is 12.5 Å². The van der Waals surface area contributed by atoms with E-state index in [0.717, 1.165) is 17.4 Å². The number of hydrogen-bond donors (Lipinski definition) is 3. The van der Waals surface area contributed by atoms with Gasteiger partial charge in [-0.1, -0.05) is 0 Å². The van der Waals surface area contributed by atoms with E-state index < -0.39 is 0 Å². The first-order valence-electron chi connectivity index (χ1n) is 3.88. The first kappa shape index (κ1) is 10.3. The van der Waals surface area contributed by atoms with Crippen molar-refractivity contribution in [3.05, 3.63) is 5.69 Å². The van der Waals surface area contributed by atoms with E-state index in [4.69, 9.17) is 11.6 Å². The van der Waals surface area contributed by atoms with Crippen LogP contribution in [0.1, 0.15) is 18.7 Å². The molecule has 5 N–H and O–H groups in total. The van der Waals surface area contributed by atoms with E-state index in [2.05, 4.69) is 14.2 Å². The molecule has 7 heteroatoms. The summed E-state index contributed by atoms with van der Waals surface area (Å²) >= 11 is 1.13. The van der Waals surface area contributed by atoms with Crippen LogP contribution in [0, 0.1) is 0 Å². The van der Waals surface area contributed by atoms with E-state index in [1.165, 1.54) is 0 Å². The SMILES string of the molecule is CC(c1nsnc1N)N(C)CNN. The molecule has 1 aromatic heterocycles. The lowest BCUT2D eigenvalue weighted by atomic mass is 10.2. The number of rotatable bonds is 4. The standard InChI is InChI=1S/C6H14N6S/c1-4(12(2)3-9-8)5-6(7)11-13-10-5/h4,9H,3,8H2,1-2H3,(H2,7,11). The van der Waals surface area contributed by atoms with Crippen molar-refractivity contribution in [2.45, 2.75) is 13.0 Å². The Balaban J connectivity index is 2.67. The molecule has 0 bridgehead atoms. The maximum Gasteiger partial charge on any atom is 0.162 e. The summed E-state index contributed by atoms with van der Waals surface area (Å²) in [4.78, 5) is 1.99. The zero-order valence-corrected chi connectivity index (χ0v) is 8.51. The van der Waals surface area contributed by atoms with Crippen molar-refractivity contribution >= 4 is 17.5 Å². The largest absolute Gasteiger partial charge is 0.381 e. The van der Waals surface area contributed by atoms with Gasteiger partial charge in [-0.05, 0) is 14.0 Å². The van der Waals surface area contributed by atoms with Crippen LogP contribution in [0.15, 0.2) is 0 Å². The lowest BCUT2D eigenvalue weighted by Crippen LogP contribution is -2.37. The van der Waals surface area contributed by atoms with Gasteiger partial charge in [0.2, 0.25) is 0 Å². The molecule has 1 atom stereocenters. The first-order valence-corrected chi connectivity index (χ1v) is 4.61. The van der Waals surface area contributed by atoms with Crippen molar-refractivity contribution in [3.8, 4) is 0 Å². The van der Waals surface area contributed by atoms with Gasteiger partial charge in [-0.3, -0.25) is 10.7 Å². The van der Waals surface area contributed by atoms with Gasteiger partial charge in [-0.25, -0.2) is 5.43 Å². The van der Waals surface area contributed by atoms with E-state index in [1.54, 1.807) is 0 Å². The molecule has 0 aliphatic carbocycles.